The summed E-state index contributed by atoms with van der Waals surface area (Å²) in [6.07, 6.45) is 5.18. The predicted octanol–water partition coefficient (Wildman–Crippen LogP) is 2.60. The van der Waals surface area contributed by atoms with Gasteiger partial charge in [0, 0.05) is 31.1 Å². The Hall–Kier alpha value is -1.36. The Kier molecular flexibility index (Phi) is 4.58. The number of aromatic nitrogens is 2. The highest BCUT2D eigenvalue weighted by Gasteiger charge is 2.28. The van der Waals surface area contributed by atoms with E-state index in [4.69, 9.17) is 9.97 Å². The number of likely N-dealkylation sites (tertiary alicyclic amines) is 1. The molecule has 0 radical (unpaired) electrons. The van der Waals surface area contributed by atoms with Gasteiger partial charge in [-0.15, -0.1) is 0 Å². The molecule has 5 nitrogen and oxygen atoms in total. The van der Waals surface area contributed by atoms with Crippen LogP contribution in [0.4, 0.5) is 11.6 Å². The molecule has 1 aliphatic heterocycles. The smallest absolute Gasteiger partial charge is 0.136 e. The van der Waals surface area contributed by atoms with Crippen LogP contribution in [0.1, 0.15) is 49.9 Å². The van der Waals surface area contributed by atoms with Crippen molar-refractivity contribution in [2.45, 2.75) is 45.4 Å². The molecule has 1 aromatic rings. The molecule has 2 N–H and O–H groups in total. The fourth-order valence-electron chi connectivity index (χ4n) is 2.91. The van der Waals surface area contributed by atoms with Gasteiger partial charge >= 0.3 is 0 Å². The first-order valence-electron chi connectivity index (χ1n) is 8.36. The SMILES string of the molecule is CCNc1nc(C2CC2)nc(NCCN2CCCC2)c1C. The lowest BCUT2D eigenvalue weighted by Gasteiger charge is -2.17. The second-order valence-corrected chi connectivity index (χ2v) is 6.18. The minimum absolute atomic E-state index is 0.585. The highest BCUT2D eigenvalue weighted by Crippen LogP contribution is 2.39. The monoisotopic (exact) mass is 289 g/mol. The number of rotatable bonds is 7. The summed E-state index contributed by atoms with van der Waals surface area (Å²) in [5.41, 5.74) is 1.14. The molecule has 1 saturated carbocycles. The van der Waals surface area contributed by atoms with E-state index in [1.54, 1.807) is 0 Å². The van der Waals surface area contributed by atoms with Crippen molar-refractivity contribution in [1.82, 2.24) is 14.9 Å². The molecular formula is C16H27N5. The van der Waals surface area contributed by atoms with Crippen molar-refractivity contribution in [1.29, 1.82) is 0 Å². The van der Waals surface area contributed by atoms with Crippen molar-refractivity contribution in [3.8, 4) is 0 Å². The topological polar surface area (TPSA) is 53.1 Å². The van der Waals surface area contributed by atoms with Crippen molar-refractivity contribution >= 4 is 11.6 Å². The van der Waals surface area contributed by atoms with Crippen molar-refractivity contribution in [2.24, 2.45) is 0 Å². The average molecular weight is 289 g/mol. The molecule has 2 heterocycles. The maximum absolute atomic E-state index is 4.76. The van der Waals surface area contributed by atoms with Crippen molar-refractivity contribution in [3.05, 3.63) is 11.4 Å². The summed E-state index contributed by atoms with van der Waals surface area (Å²) in [4.78, 5) is 12.0. The summed E-state index contributed by atoms with van der Waals surface area (Å²) >= 11 is 0. The second-order valence-electron chi connectivity index (χ2n) is 6.18. The van der Waals surface area contributed by atoms with Crippen LogP contribution in [0.3, 0.4) is 0 Å². The third-order valence-corrected chi connectivity index (χ3v) is 4.37. The lowest BCUT2D eigenvalue weighted by molar-refractivity contribution is 0.352. The van der Waals surface area contributed by atoms with Gasteiger partial charge in [0.1, 0.15) is 17.5 Å². The standard InChI is InChI=1S/C16H27N5/c1-3-17-14-12(2)15(20-16(19-14)13-6-7-13)18-8-11-21-9-4-5-10-21/h13H,3-11H2,1-2H3,(H2,17,18,19,20). The summed E-state index contributed by atoms with van der Waals surface area (Å²) in [6.45, 7) is 9.69. The van der Waals surface area contributed by atoms with E-state index in [9.17, 15) is 0 Å². The van der Waals surface area contributed by atoms with Crippen LogP contribution in [0.5, 0.6) is 0 Å². The zero-order valence-corrected chi connectivity index (χ0v) is 13.3. The first kappa shape index (κ1) is 14.6. The zero-order valence-electron chi connectivity index (χ0n) is 13.3. The fraction of sp³-hybridized carbons (Fsp3) is 0.750. The first-order valence-corrected chi connectivity index (χ1v) is 8.36. The fourth-order valence-corrected chi connectivity index (χ4v) is 2.91. The maximum Gasteiger partial charge on any atom is 0.136 e. The van der Waals surface area contributed by atoms with Crippen LogP contribution in [0, 0.1) is 6.92 Å². The molecule has 2 fully saturated rings. The van der Waals surface area contributed by atoms with Gasteiger partial charge in [0.15, 0.2) is 0 Å². The quantitative estimate of drug-likeness (QED) is 0.808. The van der Waals surface area contributed by atoms with Crippen LogP contribution in [0.25, 0.3) is 0 Å². The number of hydrogen-bond acceptors (Lipinski definition) is 5. The van der Waals surface area contributed by atoms with Gasteiger partial charge in [0.2, 0.25) is 0 Å². The molecule has 21 heavy (non-hydrogen) atoms. The Morgan fingerprint density at radius 2 is 1.76 bits per heavy atom. The summed E-state index contributed by atoms with van der Waals surface area (Å²) in [6, 6.07) is 0. The Morgan fingerprint density at radius 3 is 2.38 bits per heavy atom. The number of hydrogen-bond donors (Lipinski definition) is 2. The Balaban J connectivity index is 1.66. The van der Waals surface area contributed by atoms with E-state index in [0.717, 1.165) is 42.7 Å². The van der Waals surface area contributed by atoms with Gasteiger partial charge in [-0.2, -0.15) is 0 Å². The highest BCUT2D eigenvalue weighted by molar-refractivity contribution is 5.57. The predicted molar refractivity (Wildman–Crippen MR) is 87.1 cm³/mol. The van der Waals surface area contributed by atoms with Gasteiger partial charge in [-0.1, -0.05) is 0 Å². The molecule has 1 aromatic heterocycles. The zero-order chi connectivity index (χ0) is 14.7. The largest absolute Gasteiger partial charge is 0.370 e. The van der Waals surface area contributed by atoms with E-state index in [2.05, 4.69) is 29.4 Å². The van der Waals surface area contributed by atoms with Gasteiger partial charge in [-0.25, -0.2) is 9.97 Å². The van der Waals surface area contributed by atoms with Gasteiger partial charge in [-0.3, -0.25) is 0 Å². The van der Waals surface area contributed by atoms with Crippen molar-refractivity contribution in [2.75, 3.05) is 43.4 Å². The highest BCUT2D eigenvalue weighted by atomic mass is 15.2. The van der Waals surface area contributed by atoms with E-state index in [-0.39, 0.29) is 0 Å². The van der Waals surface area contributed by atoms with Gasteiger partial charge in [0.25, 0.3) is 0 Å². The molecular weight excluding hydrogens is 262 g/mol. The molecule has 2 aliphatic rings. The van der Waals surface area contributed by atoms with Crippen molar-refractivity contribution in [3.63, 3.8) is 0 Å². The molecule has 116 valence electrons. The number of anilines is 2. The van der Waals surface area contributed by atoms with Crippen molar-refractivity contribution < 1.29 is 0 Å². The molecule has 1 aliphatic carbocycles. The first-order chi connectivity index (χ1) is 10.3. The molecule has 1 saturated heterocycles. The van der Waals surface area contributed by atoms with E-state index < -0.39 is 0 Å². The summed E-state index contributed by atoms with van der Waals surface area (Å²) < 4.78 is 0. The van der Waals surface area contributed by atoms with Crippen LogP contribution in [-0.4, -0.2) is 47.6 Å². The van der Waals surface area contributed by atoms with Gasteiger partial charge < -0.3 is 15.5 Å². The normalized spacial score (nSPS) is 19.0. The maximum atomic E-state index is 4.76. The molecule has 0 unspecified atom stereocenters. The molecule has 5 heteroatoms. The molecule has 0 amide bonds. The van der Waals surface area contributed by atoms with Crippen LogP contribution < -0.4 is 10.6 Å². The second kappa shape index (κ2) is 6.60. The Labute approximate surface area is 127 Å². The lowest BCUT2D eigenvalue weighted by atomic mass is 10.2. The summed E-state index contributed by atoms with van der Waals surface area (Å²) in [7, 11) is 0. The molecule has 0 atom stereocenters. The average Bonchev–Trinajstić information content (AvgIpc) is 3.20. The van der Waals surface area contributed by atoms with Crippen LogP contribution in [0.2, 0.25) is 0 Å². The van der Waals surface area contributed by atoms with Crippen LogP contribution in [-0.2, 0) is 0 Å². The Morgan fingerprint density at radius 1 is 1.10 bits per heavy atom. The minimum Gasteiger partial charge on any atom is -0.370 e. The molecule has 0 bridgehead atoms. The van der Waals surface area contributed by atoms with E-state index in [1.165, 1.54) is 38.8 Å². The summed E-state index contributed by atoms with van der Waals surface area (Å²) in [5, 5.41) is 6.90. The summed E-state index contributed by atoms with van der Waals surface area (Å²) in [5.74, 6) is 3.61. The molecule has 0 aromatic carbocycles. The van der Waals surface area contributed by atoms with E-state index in [1.807, 2.05) is 0 Å². The number of nitrogens with zero attached hydrogens (tertiary/aromatic N) is 3. The van der Waals surface area contributed by atoms with Gasteiger partial charge in [0.05, 0.1) is 0 Å². The van der Waals surface area contributed by atoms with E-state index >= 15 is 0 Å². The molecule has 0 spiro atoms. The van der Waals surface area contributed by atoms with E-state index in [0.29, 0.717) is 5.92 Å². The Bertz CT molecular complexity index is 478. The minimum atomic E-state index is 0.585. The third-order valence-electron chi connectivity index (χ3n) is 4.37. The number of nitrogens with one attached hydrogen (secondary N) is 2. The molecule has 3 rings (SSSR count). The van der Waals surface area contributed by atoms with Crippen LogP contribution >= 0.6 is 0 Å². The lowest BCUT2D eigenvalue weighted by Crippen LogP contribution is -2.26. The van der Waals surface area contributed by atoms with Gasteiger partial charge in [-0.05, 0) is 52.6 Å². The van der Waals surface area contributed by atoms with Crippen LogP contribution in [0.15, 0.2) is 0 Å². The third kappa shape index (κ3) is 3.64.